The minimum absolute atomic E-state index is 0.938. The molecule has 2 aromatic rings. The third-order valence-corrected chi connectivity index (χ3v) is 6.56. The zero-order chi connectivity index (χ0) is 16.4. The molecule has 0 unspecified atom stereocenters. The quantitative estimate of drug-likeness (QED) is 0.850. The second kappa shape index (κ2) is 7.25. The van der Waals surface area contributed by atoms with Crippen LogP contribution in [0.5, 0.6) is 0 Å². The monoisotopic (exact) mass is 324 g/mol. The van der Waals surface area contributed by atoms with Crippen molar-refractivity contribution in [2.75, 3.05) is 26.2 Å². The molecule has 1 aliphatic heterocycles. The molecule has 4 rings (SSSR count). The molecule has 2 fully saturated rings. The average molecular weight is 325 g/mol. The fourth-order valence-electron chi connectivity index (χ4n) is 5.11. The zero-order valence-electron chi connectivity index (χ0n) is 15.1. The van der Waals surface area contributed by atoms with Crippen molar-refractivity contribution in [2.45, 2.75) is 45.2 Å². The van der Waals surface area contributed by atoms with Crippen LogP contribution in [-0.2, 0) is 6.54 Å². The van der Waals surface area contributed by atoms with Crippen molar-refractivity contribution in [3.8, 4) is 0 Å². The molecule has 2 atom stereocenters. The standard InChI is InChI=1S/C22H30N2/c1-18-7-2-5-12-22(18)24-15-13-23(14-16-24)17-20-10-6-9-19-8-3-4-11-21(19)20/h3-4,6,8-11,18,22H,2,5,7,12-17H2,1H3/p+2/t18-,22+/m1/s1. The Labute approximate surface area is 146 Å². The molecule has 1 saturated carbocycles. The molecule has 2 N–H and O–H groups in total. The molecular weight excluding hydrogens is 292 g/mol. The molecule has 0 radical (unpaired) electrons. The number of benzene rings is 2. The minimum atomic E-state index is 0.938. The predicted octanol–water partition coefficient (Wildman–Crippen LogP) is 1.70. The van der Waals surface area contributed by atoms with Crippen molar-refractivity contribution < 1.29 is 9.80 Å². The molecule has 2 aromatic carbocycles. The van der Waals surface area contributed by atoms with Crippen LogP contribution in [0.4, 0.5) is 0 Å². The SMILES string of the molecule is C[C@@H]1CCCC[C@@H]1[NH+]1CC[NH+](Cc2cccc3ccccc23)CC1. The summed E-state index contributed by atoms with van der Waals surface area (Å²) >= 11 is 0. The van der Waals surface area contributed by atoms with Crippen LogP contribution in [0.1, 0.15) is 38.2 Å². The van der Waals surface area contributed by atoms with Gasteiger partial charge in [-0.15, -0.1) is 0 Å². The van der Waals surface area contributed by atoms with E-state index in [1.165, 1.54) is 74.7 Å². The van der Waals surface area contributed by atoms with Gasteiger partial charge >= 0.3 is 0 Å². The van der Waals surface area contributed by atoms with Crippen molar-refractivity contribution >= 4 is 10.8 Å². The maximum atomic E-state index is 2.49. The maximum absolute atomic E-state index is 2.49. The maximum Gasteiger partial charge on any atom is 0.127 e. The van der Waals surface area contributed by atoms with Crippen LogP contribution in [-0.4, -0.2) is 32.2 Å². The predicted molar refractivity (Wildman–Crippen MR) is 100 cm³/mol. The first-order chi connectivity index (χ1) is 11.8. The molecule has 0 aromatic heterocycles. The molecule has 128 valence electrons. The van der Waals surface area contributed by atoms with Gasteiger partial charge in [0.15, 0.2) is 0 Å². The number of rotatable bonds is 3. The highest BCUT2D eigenvalue weighted by Gasteiger charge is 2.34. The van der Waals surface area contributed by atoms with Gasteiger partial charge in [-0.05, 0) is 30.0 Å². The van der Waals surface area contributed by atoms with Gasteiger partial charge in [0.1, 0.15) is 32.7 Å². The highest BCUT2D eigenvalue weighted by atomic mass is 15.3. The Morgan fingerprint density at radius 2 is 1.62 bits per heavy atom. The van der Waals surface area contributed by atoms with Gasteiger partial charge in [-0.3, -0.25) is 0 Å². The van der Waals surface area contributed by atoms with E-state index in [-0.39, 0.29) is 0 Å². The van der Waals surface area contributed by atoms with Crippen LogP contribution < -0.4 is 9.80 Å². The molecule has 1 saturated heterocycles. The third-order valence-electron chi connectivity index (χ3n) is 6.56. The topological polar surface area (TPSA) is 8.88 Å². The Morgan fingerprint density at radius 1 is 0.875 bits per heavy atom. The summed E-state index contributed by atoms with van der Waals surface area (Å²) < 4.78 is 0. The number of quaternary nitrogens is 2. The van der Waals surface area contributed by atoms with Gasteiger partial charge in [0.2, 0.25) is 0 Å². The van der Waals surface area contributed by atoms with Crippen molar-refractivity contribution in [1.82, 2.24) is 0 Å². The summed E-state index contributed by atoms with van der Waals surface area (Å²) in [6, 6.07) is 16.6. The fraction of sp³-hybridized carbons (Fsp3) is 0.545. The first kappa shape index (κ1) is 16.1. The van der Waals surface area contributed by atoms with Gasteiger partial charge < -0.3 is 9.80 Å². The lowest BCUT2D eigenvalue weighted by atomic mass is 9.84. The van der Waals surface area contributed by atoms with Crippen LogP contribution in [0.2, 0.25) is 0 Å². The molecular formula is C22H32N2+2. The van der Waals surface area contributed by atoms with Crippen molar-refractivity contribution in [3.05, 3.63) is 48.0 Å². The molecule has 2 nitrogen and oxygen atoms in total. The normalized spacial score (nSPS) is 31.2. The molecule has 24 heavy (non-hydrogen) atoms. The van der Waals surface area contributed by atoms with Gasteiger partial charge in [-0.1, -0.05) is 55.8 Å². The largest absolute Gasteiger partial charge is 0.323 e. The molecule has 1 heterocycles. The first-order valence-electron chi connectivity index (χ1n) is 9.96. The van der Waals surface area contributed by atoms with E-state index >= 15 is 0 Å². The van der Waals surface area contributed by atoms with Gasteiger partial charge in [0.05, 0.1) is 6.04 Å². The minimum Gasteiger partial charge on any atom is -0.323 e. The van der Waals surface area contributed by atoms with E-state index < -0.39 is 0 Å². The summed E-state index contributed by atoms with van der Waals surface area (Å²) in [5.74, 6) is 0.938. The summed E-state index contributed by atoms with van der Waals surface area (Å²) in [7, 11) is 0. The van der Waals surface area contributed by atoms with Gasteiger partial charge in [0.25, 0.3) is 0 Å². The Balaban J connectivity index is 1.39. The van der Waals surface area contributed by atoms with Crippen molar-refractivity contribution in [1.29, 1.82) is 0 Å². The number of piperazine rings is 1. The van der Waals surface area contributed by atoms with E-state index in [0.717, 1.165) is 12.0 Å². The average Bonchev–Trinajstić information content (AvgIpc) is 2.63. The van der Waals surface area contributed by atoms with E-state index in [1.54, 1.807) is 4.90 Å². The fourth-order valence-corrected chi connectivity index (χ4v) is 5.11. The summed E-state index contributed by atoms with van der Waals surface area (Å²) in [6.07, 6.45) is 5.85. The van der Waals surface area contributed by atoms with Crippen LogP contribution in [0, 0.1) is 5.92 Å². The van der Waals surface area contributed by atoms with Gasteiger partial charge in [-0.25, -0.2) is 0 Å². The Kier molecular flexibility index (Phi) is 4.86. The van der Waals surface area contributed by atoms with E-state index in [4.69, 9.17) is 0 Å². The summed E-state index contributed by atoms with van der Waals surface area (Å²) in [4.78, 5) is 3.68. The van der Waals surface area contributed by atoms with Crippen LogP contribution in [0.3, 0.4) is 0 Å². The highest BCUT2D eigenvalue weighted by Crippen LogP contribution is 2.22. The van der Waals surface area contributed by atoms with E-state index in [9.17, 15) is 0 Å². The Bertz CT molecular complexity index is 667. The van der Waals surface area contributed by atoms with Crippen LogP contribution >= 0.6 is 0 Å². The van der Waals surface area contributed by atoms with E-state index in [2.05, 4.69) is 49.4 Å². The Morgan fingerprint density at radius 3 is 2.46 bits per heavy atom. The second-order valence-electron chi connectivity index (χ2n) is 8.09. The van der Waals surface area contributed by atoms with Gasteiger partial charge in [-0.2, -0.15) is 0 Å². The summed E-state index contributed by atoms with van der Waals surface area (Å²) in [6.45, 7) is 9.09. The highest BCUT2D eigenvalue weighted by molar-refractivity contribution is 5.85. The lowest BCUT2D eigenvalue weighted by molar-refractivity contribution is -1.03. The van der Waals surface area contributed by atoms with Gasteiger partial charge in [0, 0.05) is 11.5 Å². The third kappa shape index (κ3) is 3.36. The lowest BCUT2D eigenvalue weighted by Gasteiger charge is -2.39. The first-order valence-corrected chi connectivity index (χ1v) is 9.96. The summed E-state index contributed by atoms with van der Waals surface area (Å²) in [5, 5.41) is 2.83. The second-order valence-corrected chi connectivity index (χ2v) is 8.09. The van der Waals surface area contributed by atoms with Crippen LogP contribution in [0.15, 0.2) is 42.5 Å². The molecule has 0 bridgehead atoms. The van der Waals surface area contributed by atoms with Crippen molar-refractivity contribution in [3.63, 3.8) is 0 Å². The molecule has 2 heteroatoms. The smallest absolute Gasteiger partial charge is 0.127 e. The number of nitrogens with one attached hydrogen (secondary N) is 2. The van der Waals surface area contributed by atoms with E-state index in [0.29, 0.717) is 0 Å². The Hall–Kier alpha value is -1.38. The molecule has 2 aliphatic rings. The number of fused-ring (bicyclic) bond motifs is 1. The number of hydrogen-bond acceptors (Lipinski definition) is 0. The molecule has 1 aliphatic carbocycles. The molecule has 0 spiro atoms. The van der Waals surface area contributed by atoms with Crippen molar-refractivity contribution in [2.24, 2.45) is 5.92 Å². The van der Waals surface area contributed by atoms with Crippen LogP contribution in [0.25, 0.3) is 10.8 Å². The van der Waals surface area contributed by atoms with E-state index in [1.807, 2.05) is 4.90 Å². The lowest BCUT2D eigenvalue weighted by Crippen LogP contribution is -3.29. The zero-order valence-corrected chi connectivity index (χ0v) is 15.1. The molecule has 0 amide bonds. The summed E-state index contributed by atoms with van der Waals surface area (Å²) in [5.41, 5.74) is 1.53. The number of hydrogen-bond donors (Lipinski definition) is 2.